The van der Waals surface area contributed by atoms with E-state index >= 15 is 0 Å². The van der Waals surface area contributed by atoms with Gasteiger partial charge in [-0.25, -0.2) is 0 Å². The topological polar surface area (TPSA) is 32.8 Å². The quantitative estimate of drug-likeness (QED) is 0.430. The van der Waals surface area contributed by atoms with Crippen molar-refractivity contribution in [1.29, 1.82) is 0 Å². The van der Waals surface area contributed by atoms with Crippen LogP contribution < -0.4 is 0 Å². The monoisotopic (exact) mass is 400 g/mol. The highest BCUT2D eigenvalue weighted by Crippen LogP contribution is 2.70. The summed E-state index contributed by atoms with van der Waals surface area (Å²) >= 11 is 0. The molecule has 29 heavy (non-hydrogen) atoms. The van der Waals surface area contributed by atoms with Crippen molar-refractivity contribution in [3.63, 3.8) is 0 Å². The predicted octanol–water partition coefficient (Wildman–Crippen LogP) is 6.52. The van der Waals surface area contributed by atoms with Crippen LogP contribution in [0.4, 0.5) is 0 Å². The lowest BCUT2D eigenvalue weighted by Crippen LogP contribution is -2.51. The zero-order valence-corrected chi connectivity index (χ0v) is 19.5. The molecule has 5 aliphatic rings. The van der Waals surface area contributed by atoms with Gasteiger partial charge in [0.25, 0.3) is 0 Å². The fourth-order valence-corrected chi connectivity index (χ4v) is 8.99. The number of aliphatic hydroxyl groups is 1. The first-order valence-electron chi connectivity index (χ1n) is 12.7. The zero-order chi connectivity index (χ0) is 20.6. The molecule has 5 rings (SSSR count). The molecular weight excluding hydrogens is 356 g/mol. The average Bonchev–Trinajstić information content (AvgIpc) is 3.17. The summed E-state index contributed by atoms with van der Waals surface area (Å²) in [6, 6.07) is 0. The van der Waals surface area contributed by atoms with Gasteiger partial charge in [0, 0.05) is 0 Å². The van der Waals surface area contributed by atoms with Crippen molar-refractivity contribution in [2.75, 3.05) is 0 Å². The highest BCUT2D eigenvalue weighted by Gasteiger charge is 2.67. The van der Waals surface area contributed by atoms with E-state index in [4.69, 9.17) is 4.74 Å². The van der Waals surface area contributed by atoms with Crippen molar-refractivity contribution < 1.29 is 9.84 Å². The standard InChI is InChI=1S/C27H44O2/c1-17(2)6-11-24-27(5,29-24)23-10-9-21-20-8-7-18-16-19(28)12-14-25(18,3)22(20)13-15-26(21,23)4/h7,17,19-24,28H,6,8-16H2,1-5H3/t19-,20-,21-,22-,23-,24-,25-,26-,27-/m0/s1. The van der Waals surface area contributed by atoms with Gasteiger partial charge in [-0.15, -0.1) is 0 Å². The van der Waals surface area contributed by atoms with Crippen LogP contribution in [0.15, 0.2) is 11.6 Å². The van der Waals surface area contributed by atoms with Gasteiger partial charge in [-0.2, -0.15) is 0 Å². The average molecular weight is 401 g/mol. The van der Waals surface area contributed by atoms with Crippen molar-refractivity contribution in [2.24, 2.45) is 40.4 Å². The molecule has 0 radical (unpaired) electrons. The number of hydrogen-bond donors (Lipinski definition) is 1. The molecule has 0 bridgehead atoms. The van der Waals surface area contributed by atoms with Crippen LogP contribution in [0, 0.1) is 40.4 Å². The lowest BCUT2D eigenvalue weighted by Gasteiger charge is -2.58. The van der Waals surface area contributed by atoms with Gasteiger partial charge >= 0.3 is 0 Å². The third-order valence-corrected chi connectivity index (χ3v) is 10.8. The summed E-state index contributed by atoms with van der Waals surface area (Å²) in [6.07, 6.45) is 15.5. The van der Waals surface area contributed by atoms with Crippen molar-refractivity contribution in [3.05, 3.63) is 11.6 Å². The highest BCUT2D eigenvalue weighted by atomic mass is 16.6. The SMILES string of the molecule is CC(C)CC[C@@H]1O[C@@]1(C)[C@H]1CC[C@H]2[C@@H]3CC=C4C[C@@H](O)CC[C@]4(C)[C@H]3CC[C@@]21C. The first kappa shape index (κ1) is 20.6. The van der Waals surface area contributed by atoms with Gasteiger partial charge in [0.2, 0.25) is 0 Å². The molecule has 3 saturated carbocycles. The Balaban J connectivity index is 1.35. The fourth-order valence-electron chi connectivity index (χ4n) is 8.99. The fraction of sp³-hybridized carbons (Fsp3) is 0.926. The Morgan fingerprint density at radius 1 is 1.07 bits per heavy atom. The highest BCUT2D eigenvalue weighted by molar-refractivity contribution is 5.26. The molecule has 4 aliphatic carbocycles. The lowest BCUT2D eigenvalue weighted by molar-refractivity contribution is -0.0596. The van der Waals surface area contributed by atoms with Crippen LogP contribution >= 0.6 is 0 Å². The van der Waals surface area contributed by atoms with E-state index in [9.17, 15) is 5.11 Å². The van der Waals surface area contributed by atoms with Crippen molar-refractivity contribution in [1.82, 2.24) is 0 Å². The molecule has 0 aromatic carbocycles. The zero-order valence-electron chi connectivity index (χ0n) is 19.5. The molecule has 0 aromatic heterocycles. The summed E-state index contributed by atoms with van der Waals surface area (Å²) in [5.41, 5.74) is 2.58. The van der Waals surface area contributed by atoms with Gasteiger partial charge in [-0.05, 0) is 112 Å². The van der Waals surface area contributed by atoms with Crippen LogP contribution in [-0.2, 0) is 4.74 Å². The molecule has 9 atom stereocenters. The number of ether oxygens (including phenoxy) is 1. The molecule has 4 fully saturated rings. The molecule has 1 N–H and O–H groups in total. The number of rotatable bonds is 4. The Hall–Kier alpha value is -0.340. The van der Waals surface area contributed by atoms with Gasteiger partial charge in [-0.1, -0.05) is 39.3 Å². The number of allylic oxidation sites excluding steroid dienone is 1. The van der Waals surface area contributed by atoms with Crippen LogP contribution in [-0.4, -0.2) is 22.9 Å². The molecule has 1 saturated heterocycles. The van der Waals surface area contributed by atoms with Crippen molar-refractivity contribution in [3.8, 4) is 0 Å². The van der Waals surface area contributed by atoms with Crippen LogP contribution in [0.2, 0.25) is 0 Å². The number of aliphatic hydroxyl groups excluding tert-OH is 1. The smallest absolute Gasteiger partial charge is 0.0953 e. The molecule has 164 valence electrons. The normalized spacial score (nSPS) is 53.8. The third kappa shape index (κ3) is 3.02. The van der Waals surface area contributed by atoms with Gasteiger partial charge in [0.15, 0.2) is 0 Å². The predicted molar refractivity (Wildman–Crippen MR) is 119 cm³/mol. The molecule has 1 aliphatic heterocycles. The third-order valence-electron chi connectivity index (χ3n) is 10.8. The van der Waals surface area contributed by atoms with E-state index in [-0.39, 0.29) is 11.7 Å². The largest absolute Gasteiger partial charge is 0.393 e. The second kappa shape index (κ2) is 6.83. The Morgan fingerprint density at radius 2 is 1.86 bits per heavy atom. The van der Waals surface area contributed by atoms with Crippen LogP contribution in [0.25, 0.3) is 0 Å². The maximum atomic E-state index is 10.2. The van der Waals surface area contributed by atoms with E-state index in [0.29, 0.717) is 16.9 Å². The van der Waals surface area contributed by atoms with Crippen molar-refractivity contribution >= 4 is 0 Å². The Morgan fingerprint density at radius 3 is 2.62 bits per heavy atom. The summed E-state index contributed by atoms with van der Waals surface area (Å²) in [5.74, 6) is 4.11. The van der Waals surface area contributed by atoms with E-state index < -0.39 is 0 Å². The minimum absolute atomic E-state index is 0.0923. The second-order valence-corrected chi connectivity index (χ2v) is 12.6. The van der Waals surface area contributed by atoms with Gasteiger partial charge in [-0.3, -0.25) is 0 Å². The maximum Gasteiger partial charge on any atom is 0.0953 e. The summed E-state index contributed by atoms with van der Waals surface area (Å²) < 4.78 is 6.47. The van der Waals surface area contributed by atoms with Crippen LogP contribution in [0.1, 0.15) is 98.8 Å². The van der Waals surface area contributed by atoms with Gasteiger partial charge < -0.3 is 9.84 Å². The molecule has 0 spiro atoms. The molecule has 1 heterocycles. The molecular formula is C27H44O2. The Kier molecular flexibility index (Phi) is 4.84. The maximum absolute atomic E-state index is 10.2. The molecule has 2 nitrogen and oxygen atoms in total. The minimum atomic E-state index is -0.0923. The van der Waals surface area contributed by atoms with E-state index in [1.165, 1.54) is 51.4 Å². The Labute approximate surface area is 178 Å². The summed E-state index contributed by atoms with van der Waals surface area (Å²) in [5, 5.41) is 10.2. The first-order chi connectivity index (χ1) is 13.7. The van der Waals surface area contributed by atoms with Gasteiger partial charge in [0.05, 0.1) is 17.8 Å². The van der Waals surface area contributed by atoms with Crippen LogP contribution in [0.3, 0.4) is 0 Å². The number of epoxide rings is 1. The second-order valence-electron chi connectivity index (χ2n) is 12.6. The molecule has 2 heteroatoms. The lowest BCUT2D eigenvalue weighted by atomic mass is 9.47. The summed E-state index contributed by atoms with van der Waals surface area (Å²) in [7, 11) is 0. The van der Waals surface area contributed by atoms with E-state index in [1.54, 1.807) is 5.57 Å². The van der Waals surface area contributed by atoms with E-state index in [0.717, 1.165) is 42.4 Å². The van der Waals surface area contributed by atoms with Crippen molar-refractivity contribution in [2.45, 2.75) is 117 Å². The number of hydrogen-bond acceptors (Lipinski definition) is 2. The Bertz CT molecular complexity index is 682. The molecule has 0 amide bonds. The first-order valence-corrected chi connectivity index (χ1v) is 12.7. The molecule has 0 aromatic rings. The van der Waals surface area contributed by atoms with Crippen LogP contribution in [0.5, 0.6) is 0 Å². The summed E-state index contributed by atoms with van der Waals surface area (Å²) in [6.45, 7) is 12.3. The number of fused-ring (bicyclic) bond motifs is 5. The van der Waals surface area contributed by atoms with E-state index in [1.807, 2.05) is 0 Å². The molecule has 0 unspecified atom stereocenters. The summed E-state index contributed by atoms with van der Waals surface area (Å²) in [4.78, 5) is 0. The van der Waals surface area contributed by atoms with E-state index in [2.05, 4.69) is 40.7 Å². The minimum Gasteiger partial charge on any atom is -0.393 e. The van der Waals surface area contributed by atoms with Gasteiger partial charge in [0.1, 0.15) is 0 Å².